The van der Waals surface area contributed by atoms with Gasteiger partial charge in [-0.3, -0.25) is 8.37 Å². The largest absolute Gasteiger partial charge is 0.395 e. The fourth-order valence-electron chi connectivity index (χ4n) is 2.93. The lowest BCUT2D eigenvalue weighted by atomic mass is 10.2. The van der Waals surface area contributed by atoms with E-state index in [1.54, 1.807) is 17.0 Å². The van der Waals surface area contributed by atoms with E-state index in [0.29, 0.717) is 30.9 Å². The van der Waals surface area contributed by atoms with Gasteiger partial charge >= 0.3 is 24.7 Å². The average Bonchev–Trinajstić information content (AvgIpc) is 2.93. The molecule has 0 atom stereocenters. The summed E-state index contributed by atoms with van der Waals surface area (Å²) in [6.07, 6.45) is -8.66. The molecule has 0 aliphatic carbocycles. The third-order valence-corrected chi connectivity index (χ3v) is 7.73. The second-order valence-corrected chi connectivity index (χ2v) is 11.4. The van der Waals surface area contributed by atoms with Crippen LogP contribution in [0.3, 0.4) is 0 Å². The third kappa shape index (κ3) is 9.28. The van der Waals surface area contributed by atoms with E-state index < -0.39 is 73.6 Å². The first kappa shape index (κ1) is 35.3. The quantitative estimate of drug-likeness (QED) is 0.149. The number of alkyl halides is 8. The van der Waals surface area contributed by atoms with Gasteiger partial charge in [0.05, 0.1) is 17.2 Å². The molecule has 0 heterocycles. The summed E-state index contributed by atoms with van der Waals surface area (Å²) in [5.74, 6) is -9.87. The number of hydrogen-bond donors (Lipinski definition) is 1. The minimum atomic E-state index is -5.51. The standard InChI is InChI=1S/C22H23F8N3O7S2/c1-2-33(9-10-34)15-5-3-14(4-6-15)31-32-17-8-7-16(41(35,36)39-12-21(27,28)19(23)24)11-18(17)42(37,38)40-13-22(29,30)20(25)26/h3-8,11,19-20,34H,2,9-10,12-13H2,1H3. The van der Waals surface area contributed by atoms with Crippen LogP contribution in [0.15, 0.2) is 62.5 Å². The summed E-state index contributed by atoms with van der Waals surface area (Å²) in [5, 5.41) is 16.5. The maximum atomic E-state index is 13.3. The van der Waals surface area contributed by atoms with Crippen LogP contribution in [0.25, 0.3) is 0 Å². The van der Waals surface area contributed by atoms with Crippen LogP contribution in [0.1, 0.15) is 6.92 Å². The zero-order chi connectivity index (χ0) is 31.9. The van der Waals surface area contributed by atoms with Gasteiger partial charge in [0.2, 0.25) is 0 Å². The first-order valence-corrected chi connectivity index (χ1v) is 14.3. The number of hydrogen-bond acceptors (Lipinski definition) is 10. The summed E-state index contributed by atoms with van der Waals surface area (Å²) >= 11 is 0. The van der Waals surface area contributed by atoms with Gasteiger partial charge in [0.15, 0.2) is 0 Å². The predicted octanol–water partition coefficient (Wildman–Crippen LogP) is 5.13. The second kappa shape index (κ2) is 14.0. The molecule has 0 aromatic heterocycles. The average molecular weight is 658 g/mol. The molecule has 0 saturated heterocycles. The minimum Gasteiger partial charge on any atom is -0.395 e. The Morgan fingerprint density at radius 2 is 1.36 bits per heavy atom. The fourth-order valence-corrected chi connectivity index (χ4v) is 5.03. The predicted molar refractivity (Wildman–Crippen MR) is 130 cm³/mol. The molecule has 0 unspecified atom stereocenters. The number of nitrogens with zero attached hydrogens (tertiary/aromatic N) is 3. The highest BCUT2D eigenvalue weighted by molar-refractivity contribution is 7.87. The summed E-state index contributed by atoms with van der Waals surface area (Å²) in [6.45, 7) is -2.18. The molecule has 236 valence electrons. The number of halogens is 8. The molecule has 0 radical (unpaired) electrons. The van der Waals surface area contributed by atoms with Gasteiger partial charge in [-0.1, -0.05) is 0 Å². The lowest BCUT2D eigenvalue weighted by Crippen LogP contribution is -2.33. The van der Waals surface area contributed by atoms with Crippen LogP contribution in [-0.4, -0.2) is 79.5 Å². The third-order valence-electron chi connectivity index (χ3n) is 5.18. The van der Waals surface area contributed by atoms with Crippen LogP contribution in [-0.2, 0) is 28.6 Å². The van der Waals surface area contributed by atoms with E-state index in [0.717, 1.165) is 0 Å². The van der Waals surface area contributed by atoms with Crippen LogP contribution in [0.5, 0.6) is 0 Å². The van der Waals surface area contributed by atoms with Crippen molar-refractivity contribution < 1.29 is 65.4 Å². The molecular weight excluding hydrogens is 634 g/mol. The first-order chi connectivity index (χ1) is 19.4. The normalized spacial score (nSPS) is 13.4. The first-order valence-electron chi connectivity index (χ1n) is 11.5. The van der Waals surface area contributed by atoms with Gasteiger partial charge in [-0.25, -0.2) is 17.6 Å². The molecule has 42 heavy (non-hydrogen) atoms. The molecule has 0 bridgehead atoms. The van der Waals surface area contributed by atoms with E-state index in [1.807, 2.05) is 6.92 Å². The molecule has 2 aromatic carbocycles. The van der Waals surface area contributed by atoms with E-state index in [-0.39, 0.29) is 18.4 Å². The Balaban J connectivity index is 2.50. The van der Waals surface area contributed by atoms with Gasteiger partial charge in [0.1, 0.15) is 23.8 Å². The fraction of sp³-hybridized carbons (Fsp3) is 0.455. The van der Waals surface area contributed by atoms with E-state index in [9.17, 15) is 52.0 Å². The molecule has 0 aliphatic rings. The smallest absolute Gasteiger partial charge is 0.331 e. The van der Waals surface area contributed by atoms with Crippen LogP contribution in [0.4, 0.5) is 52.2 Å². The van der Waals surface area contributed by atoms with Crippen molar-refractivity contribution in [1.82, 2.24) is 0 Å². The summed E-state index contributed by atoms with van der Waals surface area (Å²) in [4.78, 5) is -0.781. The van der Waals surface area contributed by atoms with Crippen LogP contribution >= 0.6 is 0 Å². The molecule has 1 N–H and O–H groups in total. The summed E-state index contributed by atoms with van der Waals surface area (Å²) in [7, 11) is -10.9. The molecule has 0 fully saturated rings. The minimum absolute atomic E-state index is 0.0848. The number of anilines is 1. The van der Waals surface area contributed by atoms with Crippen molar-refractivity contribution in [2.24, 2.45) is 10.2 Å². The van der Waals surface area contributed by atoms with Gasteiger partial charge < -0.3 is 10.0 Å². The number of azo groups is 1. The van der Waals surface area contributed by atoms with Crippen molar-refractivity contribution in [3.8, 4) is 0 Å². The van der Waals surface area contributed by atoms with Crippen molar-refractivity contribution in [2.75, 3.05) is 37.8 Å². The van der Waals surface area contributed by atoms with Crippen molar-refractivity contribution in [1.29, 1.82) is 0 Å². The summed E-state index contributed by atoms with van der Waals surface area (Å²) in [6, 6.07) is 7.24. The van der Waals surface area contributed by atoms with Gasteiger partial charge in [-0.2, -0.15) is 39.5 Å². The SMILES string of the molecule is CCN(CCO)c1ccc(N=Nc2ccc(S(=O)(=O)OCC(F)(F)C(F)F)cc2S(=O)(=O)OCC(F)(F)C(F)F)cc1. The van der Waals surface area contributed by atoms with E-state index in [1.165, 1.54) is 12.1 Å². The summed E-state index contributed by atoms with van der Waals surface area (Å²) in [5.41, 5.74) is -0.0255. The number of aliphatic hydroxyl groups is 1. The Morgan fingerprint density at radius 3 is 1.83 bits per heavy atom. The van der Waals surface area contributed by atoms with Crippen LogP contribution < -0.4 is 4.90 Å². The monoisotopic (exact) mass is 657 g/mol. The lowest BCUT2D eigenvalue weighted by molar-refractivity contribution is -0.147. The van der Waals surface area contributed by atoms with Crippen molar-refractivity contribution in [3.05, 3.63) is 42.5 Å². The molecule has 20 heteroatoms. The van der Waals surface area contributed by atoms with Gasteiger partial charge in [0.25, 0.3) is 20.2 Å². The Hall–Kier alpha value is -2.94. The molecule has 0 spiro atoms. The van der Waals surface area contributed by atoms with Crippen molar-refractivity contribution in [3.63, 3.8) is 0 Å². The Kier molecular flexibility index (Phi) is 11.8. The molecule has 10 nitrogen and oxygen atoms in total. The van der Waals surface area contributed by atoms with Gasteiger partial charge in [-0.15, -0.1) is 5.11 Å². The maximum absolute atomic E-state index is 13.3. The summed E-state index contributed by atoms with van der Waals surface area (Å²) < 4.78 is 161. The number of aliphatic hydroxyl groups excluding tert-OH is 1. The highest BCUT2D eigenvalue weighted by Crippen LogP contribution is 2.34. The molecule has 0 amide bonds. The molecule has 0 saturated carbocycles. The van der Waals surface area contributed by atoms with Crippen LogP contribution in [0, 0.1) is 0 Å². The molecule has 0 aliphatic heterocycles. The molecular formula is C22H23F8N3O7S2. The highest BCUT2D eigenvalue weighted by Gasteiger charge is 2.44. The number of rotatable bonds is 16. The van der Waals surface area contributed by atoms with E-state index in [2.05, 4.69) is 18.6 Å². The molecule has 2 aromatic rings. The van der Waals surface area contributed by atoms with E-state index in [4.69, 9.17) is 5.11 Å². The lowest BCUT2D eigenvalue weighted by Gasteiger charge is -2.21. The Bertz CT molecular complexity index is 1440. The molecule has 2 rings (SSSR count). The maximum Gasteiger partial charge on any atom is 0.331 e. The van der Waals surface area contributed by atoms with Crippen molar-refractivity contribution in [2.45, 2.75) is 41.4 Å². The van der Waals surface area contributed by atoms with Crippen LogP contribution in [0.2, 0.25) is 0 Å². The number of likely N-dealkylation sites (N-methyl/N-ethyl adjacent to an activating group) is 1. The van der Waals surface area contributed by atoms with E-state index >= 15 is 0 Å². The highest BCUT2D eigenvalue weighted by atomic mass is 32.2. The number of benzene rings is 2. The van der Waals surface area contributed by atoms with Crippen molar-refractivity contribution >= 4 is 37.3 Å². The zero-order valence-corrected chi connectivity index (χ0v) is 22.9. The zero-order valence-electron chi connectivity index (χ0n) is 21.3. The van der Waals surface area contributed by atoms with Gasteiger partial charge in [0, 0.05) is 18.8 Å². The van der Waals surface area contributed by atoms with Gasteiger partial charge in [-0.05, 0) is 49.4 Å². The second-order valence-electron chi connectivity index (χ2n) is 8.21. The topological polar surface area (TPSA) is 135 Å². The Morgan fingerprint density at radius 1 is 0.833 bits per heavy atom. The Labute approximate surface area is 234 Å².